The zero-order chi connectivity index (χ0) is 13.8. The van der Waals surface area contributed by atoms with Crippen molar-refractivity contribution in [1.29, 1.82) is 5.26 Å². The van der Waals surface area contributed by atoms with Crippen LogP contribution in [0.15, 0.2) is 42.5 Å². The van der Waals surface area contributed by atoms with Crippen molar-refractivity contribution < 1.29 is 0 Å². The van der Waals surface area contributed by atoms with Gasteiger partial charge < -0.3 is 4.90 Å². The number of para-hydroxylation sites is 1. The van der Waals surface area contributed by atoms with Crippen molar-refractivity contribution >= 4 is 23.0 Å². The monoisotopic (exact) mass is 270 g/mol. The molecule has 0 heterocycles. The number of hydrogen-bond donors (Lipinski definition) is 0. The lowest BCUT2D eigenvalue weighted by molar-refractivity contribution is 1.17. The van der Waals surface area contributed by atoms with Gasteiger partial charge in [-0.2, -0.15) is 5.26 Å². The van der Waals surface area contributed by atoms with E-state index in [0.29, 0.717) is 11.4 Å². The number of alkyl halides is 1. The van der Waals surface area contributed by atoms with E-state index < -0.39 is 0 Å². The van der Waals surface area contributed by atoms with Gasteiger partial charge >= 0.3 is 0 Å². The van der Waals surface area contributed by atoms with Crippen LogP contribution in [0, 0.1) is 18.3 Å². The molecule has 0 aliphatic carbocycles. The van der Waals surface area contributed by atoms with E-state index in [1.54, 1.807) is 0 Å². The molecule has 0 spiro atoms. The number of aryl methyl sites for hydroxylation is 1. The standard InChI is InChI=1S/C16H15ClN2/c1-12-9-13(10-17)7-8-15(12)19(2)16-6-4-3-5-14(16)11-18/h3-9H,10H2,1-2H3. The van der Waals surface area contributed by atoms with Crippen molar-refractivity contribution in [2.75, 3.05) is 11.9 Å². The van der Waals surface area contributed by atoms with Crippen LogP contribution < -0.4 is 4.90 Å². The number of nitrogens with zero attached hydrogens (tertiary/aromatic N) is 2. The first-order valence-electron chi connectivity index (χ1n) is 6.05. The van der Waals surface area contributed by atoms with Crippen LogP contribution in [-0.4, -0.2) is 7.05 Å². The van der Waals surface area contributed by atoms with Gasteiger partial charge in [-0.25, -0.2) is 0 Å². The molecule has 0 aliphatic heterocycles. The minimum absolute atomic E-state index is 0.514. The lowest BCUT2D eigenvalue weighted by Gasteiger charge is -2.23. The van der Waals surface area contributed by atoms with Crippen molar-refractivity contribution in [2.45, 2.75) is 12.8 Å². The molecule has 0 atom stereocenters. The van der Waals surface area contributed by atoms with E-state index in [1.807, 2.05) is 48.3 Å². The normalized spacial score (nSPS) is 10.0. The molecule has 0 N–H and O–H groups in total. The van der Waals surface area contributed by atoms with Gasteiger partial charge in [0.05, 0.1) is 11.3 Å². The Balaban J connectivity index is 2.45. The predicted molar refractivity (Wildman–Crippen MR) is 80.0 cm³/mol. The maximum atomic E-state index is 9.17. The summed E-state index contributed by atoms with van der Waals surface area (Å²) in [6.07, 6.45) is 0. The number of rotatable bonds is 3. The number of benzene rings is 2. The lowest BCUT2D eigenvalue weighted by Crippen LogP contribution is -2.12. The lowest BCUT2D eigenvalue weighted by atomic mass is 10.1. The Kier molecular flexibility index (Phi) is 4.09. The van der Waals surface area contributed by atoms with E-state index in [-0.39, 0.29) is 0 Å². The van der Waals surface area contributed by atoms with Gasteiger partial charge in [0, 0.05) is 18.6 Å². The summed E-state index contributed by atoms with van der Waals surface area (Å²) in [5.41, 5.74) is 4.91. The van der Waals surface area contributed by atoms with E-state index in [2.05, 4.69) is 19.1 Å². The largest absolute Gasteiger partial charge is 0.343 e. The molecule has 2 nitrogen and oxygen atoms in total. The smallest absolute Gasteiger partial charge is 0.101 e. The number of nitriles is 1. The van der Waals surface area contributed by atoms with Crippen molar-refractivity contribution in [3.05, 3.63) is 59.2 Å². The van der Waals surface area contributed by atoms with E-state index in [4.69, 9.17) is 11.6 Å². The molecule has 0 fully saturated rings. The Morgan fingerprint density at radius 1 is 1.16 bits per heavy atom. The third-order valence-electron chi connectivity index (χ3n) is 3.16. The fraction of sp³-hybridized carbons (Fsp3) is 0.188. The summed E-state index contributed by atoms with van der Waals surface area (Å²) in [6.45, 7) is 2.05. The minimum Gasteiger partial charge on any atom is -0.343 e. The summed E-state index contributed by atoms with van der Waals surface area (Å²) in [7, 11) is 1.97. The Hall–Kier alpha value is -1.98. The molecule has 2 rings (SSSR count). The topological polar surface area (TPSA) is 27.0 Å². The highest BCUT2D eigenvalue weighted by atomic mass is 35.5. The highest BCUT2D eigenvalue weighted by Gasteiger charge is 2.10. The molecule has 0 amide bonds. The van der Waals surface area contributed by atoms with Crippen LogP contribution in [-0.2, 0) is 5.88 Å². The van der Waals surface area contributed by atoms with Crippen LogP contribution in [0.25, 0.3) is 0 Å². The molecule has 19 heavy (non-hydrogen) atoms. The van der Waals surface area contributed by atoms with Gasteiger partial charge in [0.15, 0.2) is 0 Å². The molecular weight excluding hydrogens is 256 g/mol. The van der Waals surface area contributed by atoms with Gasteiger partial charge in [-0.15, -0.1) is 11.6 Å². The molecule has 2 aromatic carbocycles. The van der Waals surface area contributed by atoms with Crippen LogP contribution in [0.3, 0.4) is 0 Å². The number of anilines is 2. The summed E-state index contributed by atoms with van der Waals surface area (Å²) in [5.74, 6) is 0.514. The van der Waals surface area contributed by atoms with E-state index in [0.717, 1.165) is 22.5 Å². The molecule has 0 unspecified atom stereocenters. The van der Waals surface area contributed by atoms with Gasteiger partial charge in [0.2, 0.25) is 0 Å². The van der Waals surface area contributed by atoms with Crippen molar-refractivity contribution in [3.8, 4) is 6.07 Å². The van der Waals surface area contributed by atoms with Crippen molar-refractivity contribution in [2.24, 2.45) is 0 Å². The molecule has 0 radical (unpaired) electrons. The number of hydrogen-bond acceptors (Lipinski definition) is 2. The van der Waals surface area contributed by atoms with E-state index in [9.17, 15) is 5.26 Å². The molecule has 3 heteroatoms. The zero-order valence-electron chi connectivity index (χ0n) is 11.0. The fourth-order valence-electron chi connectivity index (χ4n) is 2.17. The van der Waals surface area contributed by atoms with Gasteiger partial charge in [-0.3, -0.25) is 0 Å². The average molecular weight is 271 g/mol. The van der Waals surface area contributed by atoms with Gasteiger partial charge in [-0.05, 0) is 36.2 Å². The molecular formula is C16H15ClN2. The van der Waals surface area contributed by atoms with E-state index in [1.165, 1.54) is 0 Å². The molecule has 0 bridgehead atoms. The SMILES string of the molecule is Cc1cc(CCl)ccc1N(C)c1ccccc1C#N. The Labute approximate surface area is 118 Å². The third kappa shape index (κ3) is 2.72. The average Bonchev–Trinajstić information content (AvgIpc) is 2.46. The van der Waals surface area contributed by atoms with E-state index >= 15 is 0 Å². The Bertz CT molecular complexity index is 629. The third-order valence-corrected chi connectivity index (χ3v) is 3.47. The predicted octanol–water partition coefficient (Wildman–Crippen LogP) is 4.37. The first-order valence-corrected chi connectivity index (χ1v) is 6.59. The zero-order valence-corrected chi connectivity index (χ0v) is 11.8. The van der Waals surface area contributed by atoms with Crippen LogP contribution >= 0.6 is 11.6 Å². The Morgan fingerprint density at radius 2 is 1.89 bits per heavy atom. The molecule has 0 aromatic heterocycles. The van der Waals surface area contributed by atoms with Gasteiger partial charge in [0.25, 0.3) is 0 Å². The first-order chi connectivity index (χ1) is 9.17. The van der Waals surface area contributed by atoms with Crippen LogP contribution in [0.2, 0.25) is 0 Å². The minimum atomic E-state index is 0.514. The molecule has 0 aliphatic rings. The maximum absolute atomic E-state index is 9.17. The first kappa shape index (κ1) is 13.5. The summed E-state index contributed by atoms with van der Waals surface area (Å²) in [5, 5.41) is 9.17. The van der Waals surface area contributed by atoms with Crippen molar-refractivity contribution in [3.63, 3.8) is 0 Å². The van der Waals surface area contributed by atoms with Gasteiger partial charge in [-0.1, -0.05) is 24.3 Å². The molecule has 0 saturated heterocycles. The second-order valence-corrected chi connectivity index (χ2v) is 4.71. The second kappa shape index (κ2) is 5.77. The Morgan fingerprint density at radius 3 is 2.53 bits per heavy atom. The van der Waals surface area contributed by atoms with Crippen LogP contribution in [0.4, 0.5) is 11.4 Å². The van der Waals surface area contributed by atoms with Crippen LogP contribution in [0.5, 0.6) is 0 Å². The molecule has 96 valence electrons. The highest BCUT2D eigenvalue weighted by molar-refractivity contribution is 6.17. The summed E-state index contributed by atoms with van der Waals surface area (Å²) in [6, 6.07) is 16.0. The van der Waals surface area contributed by atoms with Crippen molar-refractivity contribution in [1.82, 2.24) is 0 Å². The summed E-state index contributed by atoms with van der Waals surface area (Å²) >= 11 is 5.84. The van der Waals surface area contributed by atoms with Crippen LogP contribution in [0.1, 0.15) is 16.7 Å². The van der Waals surface area contributed by atoms with Gasteiger partial charge in [0.1, 0.15) is 6.07 Å². The molecule has 0 saturated carbocycles. The number of halogens is 1. The summed E-state index contributed by atoms with van der Waals surface area (Å²) in [4.78, 5) is 2.03. The maximum Gasteiger partial charge on any atom is 0.101 e. The second-order valence-electron chi connectivity index (χ2n) is 4.44. The fourth-order valence-corrected chi connectivity index (χ4v) is 2.33. The highest BCUT2D eigenvalue weighted by Crippen LogP contribution is 2.29. The molecule has 2 aromatic rings. The summed E-state index contributed by atoms with van der Waals surface area (Å²) < 4.78 is 0. The quantitative estimate of drug-likeness (QED) is 0.774.